The van der Waals surface area contributed by atoms with E-state index in [1.165, 1.54) is 0 Å². The first-order chi connectivity index (χ1) is 11.4. The van der Waals surface area contributed by atoms with Gasteiger partial charge in [0.1, 0.15) is 18.4 Å². The Kier molecular flexibility index (Phi) is 4.43. The van der Waals surface area contributed by atoms with E-state index in [0.29, 0.717) is 5.92 Å². The maximum atomic E-state index is 13.2. The average Bonchev–Trinajstić information content (AvgIpc) is 3.16. The molecule has 0 unspecified atom stereocenters. The molecule has 7 heteroatoms. The maximum Gasteiger partial charge on any atom is 0.232 e. The number of carbonyl (C=O) groups excluding carboxylic acids is 1. The van der Waals surface area contributed by atoms with Gasteiger partial charge >= 0.3 is 0 Å². The molecule has 0 spiro atoms. The van der Waals surface area contributed by atoms with Crippen molar-refractivity contribution < 1.29 is 9.32 Å². The Morgan fingerprint density at radius 3 is 2.83 bits per heavy atom. The second-order valence-electron chi connectivity index (χ2n) is 7.20. The van der Waals surface area contributed by atoms with Crippen LogP contribution in [0.1, 0.15) is 43.7 Å². The highest BCUT2D eigenvalue weighted by Gasteiger charge is 2.39. The van der Waals surface area contributed by atoms with Crippen molar-refractivity contribution in [2.75, 3.05) is 13.1 Å². The fourth-order valence-electron chi connectivity index (χ4n) is 3.87. The van der Waals surface area contributed by atoms with Crippen molar-refractivity contribution in [2.45, 2.75) is 52.5 Å². The Morgan fingerprint density at radius 1 is 1.42 bits per heavy atom. The molecule has 3 heterocycles. The largest absolute Gasteiger partial charge is 0.361 e. The van der Waals surface area contributed by atoms with Gasteiger partial charge in [-0.3, -0.25) is 9.48 Å². The number of hydrogen-bond donors (Lipinski definition) is 0. The molecule has 1 amide bonds. The Labute approximate surface area is 142 Å². The van der Waals surface area contributed by atoms with Crippen LogP contribution in [0.25, 0.3) is 0 Å². The standard InChI is InChI=1S/C17H25N5O2/c1-12-15(13(2)24-20-12)17(3,4)16(23)21-7-5-6-14(8-21)9-22-11-18-10-19-22/h10-11,14H,5-9H2,1-4H3/t14-/m1/s1. The average molecular weight is 331 g/mol. The molecule has 3 rings (SSSR count). The van der Waals surface area contributed by atoms with E-state index in [9.17, 15) is 4.79 Å². The molecule has 2 aromatic rings. The first-order valence-corrected chi connectivity index (χ1v) is 8.44. The highest BCUT2D eigenvalue weighted by atomic mass is 16.5. The zero-order chi connectivity index (χ0) is 17.3. The van der Waals surface area contributed by atoms with Crippen LogP contribution in [0.4, 0.5) is 0 Å². The van der Waals surface area contributed by atoms with Crippen LogP contribution < -0.4 is 0 Å². The van der Waals surface area contributed by atoms with E-state index >= 15 is 0 Å². The molecule has 1 atom stereocenters. The van der Waals surface area contributed by atoms with E-state index in [-0.39, 0.29) is 5.91 Å². The molecular weight excluding hydrogens is 306 g/mol. The quantitative estimate of drug-likeness (QED) is 0.857. The summed E-state index contributed by atoms with van der Waals surface area (Å²) >= 11 is 0. The van der Waals surface area contributed by atoms with Gasteiger partial charge in [0.25, 0.3) is 0 Å². The monoisotopic (exact) mass is 331 g/mol. The molecule has 24 heavy (non-hydrogen) atoms. The molecule has 1 aliphatic rings. The number of aromatic nitrogens is 4. The van der Waals surface area contributed by atoms with Crippen molar-refractivity contribution in [3.8, 4) is 0 Å². The molecule has 0 aromatic carbocycles. The molecule has 0 N–H and O–H groups in total. The van der Waals surface area contributed by atoms with Gasteiger partial charge in [-0.15, -0.1) is 0 Å². The molecule has 1 aliphatic heterocycles. The van der Waals surface area contributed by atoms with Crippen molar-refractivity contribution >= 4 is 5.91 Å². The van der Waals surface area contributed by atoms with Gasteiger partial charge in [0.15, 0.2) is 0 Å². The zero-order valence-electron chi connectivity index (χ0n) is 14.8. The molecular formula is C17H25N5O2. The number of aryl methyl sites for hydroxylation is 2. The van der Waals surface area contributed by atoms with Gasteiger partial charge in [0, 0.05) is 25.2 Å². The topological polar surface area (TPSA) is 77.0 Å². The summed E-state index contributed by atoms with van der Waals surface area (Å²) in [6, 6.07) is 0. The number of piperidine rings is 1. The summed E-state index contributed by atoms with van der Waals surface area (Å²) < 4.78 is 7.12. The summed E-state index contributed by atoms with van der Waals surface area (Å²) in [6.45, 7) is 10.0. The van der Waals surface area contributed by atoms with Crippen molar-refractivity contribution in [1.29, 1.82) is 0 Å². The predicted octanol–water partition coefficient (Wildman–Crippen LogP) is 2.10. The van der Waals surface area contributed by atoms with Crippen molar-refractivity contribution in [3.63, 3.8) is 0 Å². The Hall–Kier alpha value is -2.18. The second kappa shape index (κ2) is 6.37. The third kappa shape index (κ3) is 3.07. The van der Waals surface area contributed by atoms with Gasteiger partial charge in [0.2, 0.25) is 5.91 Å². The molecule has 1 saturated heterocycles. The predicted molar refractivity (Wildman–Crippen MR) is 88.3 cm³/mol. The lowest BCUT2D eigenvalue weighted by Gasteiger charge is -2.37. The minimum atomic E-state index is -0.636. The van der Waals surface area contributed by atoms with Gasteiger partial charge < -0.3 is 9.42 Å². The lowest BCUT2D eigenvalue weighted by Crippen LogP contribution is -2.48. The number of likely N-dealkylation sites (tertiary alicyclic amines) is 1. The van der Waals surface area contributed by atoms with Crippen LogP contribution in [0.5, 0.6) is 0 Å². The molecule has 0 bridgehead atoms. The lowest BCUT2D eigenvalue weighted by molar-refractivity contribution is -0.138. The number of carbonyl (C=O) groups is 1. The highest BCUT2D eigenvalue weighted by Crippen LogP contribution is 2.32. The lowest BCUT2D eigenvalue weighted by atomic mass is 9.81. The van der Waals surface area contributed by atoms with Gasteiger partial charge in [-0.1, -0.05) is 5.16 Å². The van der Waals surface area contributed by atoms with Crippen molar-refractivity contribution in [2.24, 2.45) is 5.92 Å². The fourth-order valence-corrected chi connectivity index (χ4v) is 3.87. The van der Waals surface area contributed by atoms with Crippen LogP contribution in [-0.2, 0) is 16.8 Å². The molecule has 2 aromatic heterocycles. The van der Waals surface area contributed by atoms with E-state index in [1.807, 2.05) is 37.3 Å². The first-order valence-electron chi connectivity index (χ1n) is 8.44. The van der Waals surface area contributed by atoms with Crippen LogP contribution in [-0.4, -0.2) is 43.8 Å². The van der Waals surface area contributed by atoms with Crippen molar-refractivity contribution in [3.05, 3.63) is 29.7 Å². The van der Waals surface area contributed by atoms with E-state index in [1.54, 1.807) is 12.7 Å². The van der Waals surface area contributed by atoms with Crippen LogP contribution in [0.3, 0.4) is 0 Å². The molecule has 0 radical (unpaired) electrons. The van der Waals surface area contributed by atoms with Crippen molar-refractivity contribution in [1.82, 2.24) is 24.8 Å². The number of hydrogen-bond acceptors (Lipinski definition) is 5. The smallest absolute Gasteiger partial charge is 0.232 e. The van der Waals surface area contributed by atoms with Crippen LogP contribution >= 0.6 is 0 Å². The van der Waals surface area contributed by atoms with Gasteiger partial charge in [-0.2, -0.15) is 5.10 Å². The van der Waals surface area contributed by atoms with E-state index < -0.39 is 5.41 Å². The number of nitrogens with zero attached hydrogens (tertiary/aromatic N) is 5. The fraction of sp³-hybridized carbons (Fsp3) is 0.647. The van der Waals surface area contributed by atoms with Crippen LogP contribution in [0.15, 0.2) is 17.2 Å². The Balaban J connectivity index is 1.74. The Bertz CT molecular complexity index is 685. The van der Waals surface area contributed by atoms with Gasteiger partial charge in [-0.05, 0) is 46.5 Å². The Morgan fingerprint density at radius 2 is 2.21 bits per heavy atom. The minimum absolute atomic E-state index is 0.139. The highest BCUT2D eigenvalue weighted by molar-refractivity contribution is 5.88. The van der Waals surface area contributed by atoms with Gasteiger partial charge in [0.05, 0.1) is 11.1 Å². The first kappa shape index (κ1) is 16.7. The molecule has 7 nitrogen and oxygen atoms in total. The summed E-state index contributed by atoms with van der Waals surface area (Å²) in [5, 5.41) is 8.18. The minimum Gasteiger partial charge on any atom is -0.361 e. The van der Waals surface area contributed by atoms with Crippen LogP contribution in [0, 0.1) is 19.8 Å². The molecule has 130 valence electrons. The van der Waals surface area contributed by atoms with E-state index in [4.69, 9.17) is 4.52 Å². The molecule has 1 fully saturated rings. The third-order valence-electron chi connectivity index (χ3n) is 4.91. The zero-order valence-corrected chi connectivity index (χ0v) is 14.8. The second-order valence-corrected chi connectivity index (χ2v) is 7.20. The van der Waals surface area contributed by atoms with E-state index in [2.05, 4.69) is 15.2 Å². The number of rotatable bonds is 4. The van der Waals surface area contributed by atoms with Gasteiger partial charge in [-0.25, -0.2) is 4.98 Å². The maximum absolute atomic E-state index is 13.2. The summed E-state index contributed by atoms with van der Waals surface area (Å²) in [5.74, 6) is 1.27. The molecule has 0 aliphatic carbocycles. The molecule has 0 saturated carbocycles. The van der Waals surface area contributed by atoms with Crippen LogP contribution in [0.2, 0.25) is 0 Å². The van der Waals surface area contributed by atoms with E-state index in [0.717, 1.165) is 49.5 Å². The normalized spacial score (nSPS) is 18.8. The third-order valence-corrected chi connectivity index (χ3v) is 4.91. The SMILES string of the molecule is Cc1noc(C)c1C(C)(C)C(=O)N1CCC[C@@H](Cn2cncn2)C1. The summed E-state index contributed by atoms with van der Waals surface area (Å²) in [6.07, 6.45) is 5.40. The summed E-state index contributed by atoms with van der Waals surface area (Å²) in [7, 11) is 0. The summed E-state index contributed by atoms with van der Waals surface area (Å²) in [5.41, 5.74) is 1.07. The number of amides is 1. The summed E-state index contributed by atoms with van der Waals surface area (Å²) in [4.78, 5) is 19.2.